The first kappa shape index (κ1) is 29.6. The number of nitrogens with one attached hydrogen (secondary N) is 4. The van der Waals surface area contributed by atoms with Crippen LogP contribution in [0.5, 0.6) is 5.88 Å². The van der Waals surface area contributed by atoms with Crippen molar-refractivity contribution >= 4 is 52.9 Å². The van der Waals surface area contributed by atoms with E-state index in [1.807, 2.05) is 18.2 Å². The number of carboxylic acid groups (broad SMARTS) is 1. The molecule has 14 nitrogen and oxygen atoms in total. The number of fused-ring (bicyclic) bond motifs is 1. The Morgan fingerprint density at radius 2 is 1.72 bits per heavy atom. The van der Waals surface area contributed by atoms with Crippen LogP contribution in [0.25, 0.3) is 0 Å². The van der Waals surface area contributed by atoms with Gasteiger partial charge in [0.2, 0.25) is 22.8 Å². The summed E-state index contributed by atoms with van der Waals surface area (Å²) >= 11 is 1.12. The second kappa shape index (κ2) is 11.4. The van der Waals surface area contributed by atoms with E-state index in [1.165, 1.54) is 13.3 Å². The van der Waals surface area contributed by atoms with Gasteiger partial charge >= 0.3 is 12.0 Å². The van der Waals surface area contributed by atoms with Gasteiger partial charge in [0.1, 0.15) is 17.8 Å². The van der Waals surface area contributed by atoms with Gasteiger partial charge in [-0.25, -0.2) is 14.6 Å². The second-order valence-corrected chi connectivity index (χ2v) is 12.1. The number of carbonyl (C=O) groups excluding carboxylic acids is 3. The predicted octanol–water partition coefficient (Wildman–Crippen LogP) is 2.39. The maximum absolute atomic E-state index is 13.6. The minimum Gasteiger partial charge on any atom is -0.492 e. The summed E-state index contributed by atoms with van der Waals surface area (Å²) in [5.41, 5.74) is 0.977. The van der Waals surface area contributed by atoms with Crippen LogP contribution in [0.3, 0.4) is 0 Å². The van der Waals surface area contributed by atoms with Crippen molar-refractivity contribution in [1.29, 1.82) is 0 Å². The molecule has 0 aliphatic carbocycles. The summed E-state index contributed by atoms with van der Waals surface area (Å²) < 4.78 is 4.73. The molecule has 3 heterocycles. The van der Waals surface area contributed by atoms with Crippen LogP contribution >= 0.6 is 11.8 Å². The van der Waals surface area contributed by atoms with Crippen molar-refractivity contribution in [3.63, 3.8) is 0 Å². The average Bonchev–Trinajstić information content (AvgIpc) is 3.21. The van der Waals surface area contributed by atoms with Crippen LogP contribution in [0, 0.1) is 0 Å². The number of ether oxygens (including phenoxy) is 1. The number of benzene rings is 2. The highest BCUT2D eigenvalue weighted by molar-refractivity contribution is 8.02. The van der Waals surface area contributed by atoms with E-state index in [1.54, 1.807) is 56.3 Å². The van der Waals surface area contributed by atoms with Crippen molar-refractivity contribution in [3.05, 3.63) is 72.4 Å². The molecule has 4 atom stereocenters. The maximum Gasteiger partial charge on any atom is 0.328 e. The zero-order valence-corrected chi connectivity index (χ0v) is 24.1. The predicted molar refractivity (Wildman–Crippen MR) is 156 cm³/mol. The molecule has 43 heavy (non-hydrogen) atoms. The van der Waals surface area contributed by atoms with Gasteiger partial charge in [-0.2, -0.15) is 4.98 Å². The van der Waals surface area contributed by atoms with Crippen molar-refractivity contribution in [2.45, 2.75) is 41.8 Å². The minimum absolute atomic E-state index is 0.0978. The number of anilines is 3. The van der Waals surface area contributed by atoms with E-state index in [2.05, 4.69) is 31.2 Å². The van der Waals surface area contributed by atoms with Crippen LogP contribution in [0.4, 0.5) is 22.1 Å². The number of nitrogens with zero attached hydrogens (tertiary/aromatic N) is 3. The smallest absolute Gasteiger partial charge is 0.328 e. The lowest BCUT2D eigenvalue weighted by Crippen LogP contribution is -2.78. The molecular formula is C28H29N7O7S. The first-order valence-corrected chi connectivity index (χ1v) is 13.9. The van der Waals surface area contributed by atoms with Crippen LogP contribution < -0.4 is 21.3 Å². The lowest BCUT2D eigenvalue weighted by atomic mass is 9.94. The van der Waals surface area contributed by atoms with Crippen molar-refractivity contribution in [1.82, 2.24) is 25.5 Å². The van der Waals surface area contributed by atoms with Gasteiger partial charge < -0.3 is 36.2 Å². The molecule has 0 spiro atoms. The molecule has 0 saturated carbocycles. The van der Waals surface area contributed by atoms with E-state index < -0.39 is 57.6 Å². The van der Waals surface area contributed by atoms with E-state index in [0.29, 0.717) is 11.3 Å². The molecule has 2 aliphatic rings. The molecule has 5 rings (SSSR count). The number of para-hydroxylation sites is 1. The van der Waals surface area contributed by atoms with Crippen LogP contribution in [-0.2, 0) is 19.1 Å². The Bertz CT molecular complexity index is 1560. The fourth-order valence-corrected chi connectivity index (χ4v) is 6.86. The lowest BCUT2D eigenvalue weighted by molar-refractivity contribution is -0.199. The number of carbonyl (C=O) groups is 4. The van der Waals surface area contributed by atoms with Gasteiger partial charge in [0.25, 0.3) is 5.91 Å². The van der Waals surface area contributed by atoms with E-state index in [4.69, 9.17) is 4.74 Å². The third kappa shape index (κ3) is 5.51. The number of β-lactam (4-membered cyclic amide) rings is 1. The maximum atomic E-state index is 13.6. The van der Waals surface area contributed by atoms with Crippen LogP contribution in [-0.4, -0.2) is 77.9 Å². The number of hydrogen-bond acceptors (Lipinski definition) is 10. The number of aromatic hydroxyl groups is 1. The molecule has 1 aromatic heterocycles. The molecule has 0 bridgehead atoms. The SMILES string of the molecule is COC12SC(C)(C)[C@H](C(=O)O)N1C(=O)[C@@H]2NC(=O)C(NC(=O)Nc1cnc(Nc2ccccc2)nc1O)c1ccccc1. The Balaban J connectivity index is 1.31. The summed E-state index contributed by atoms with van der Waals surface area (Å²) in [6.07, 6.45) is 1.20. The van der Waals surface area contributed by atoms with Crippen molar-refractivity contribution in [2.24, 2.45) is 0 Å². The van der Waals surface area contributed by atoms with Gasteiger partial charge in [0, 0.05) is 17.5 Å². The molecule has 4 amide bonds. The van der Waals surface area contributed by atoms with Crippen LogP contribution in [0.15, 0.2) is 66.9 Å². The Kier molecular flexibility index (Phi) is 7.86. The highest BCUT2D eigenvalue weighted by Crippen LogP contribution is 2.58. The molecule has 2 aliphatic heterocycles. The number of methoxy groups -OCH3 is 1. The molecule has 224 valence electrons. The van der Waals surface area contributed by atoms with Crippen molar-refractivity contribution in [3.8, 4) is 5.88 Å². The fourth-order valence-electron chi connectivity index (χ4n) is 5.13. The Morgan fingerprint density at radius 1 is 1.07 bits per heavy atom. The van der Waals surface area contributed by atoms with Gasteiger partial charge in [0.05, 0.1) is 6.20 Å². The van der Waals surface area contributed by atoms with E-state index in [-0.39, 0.29) is 11.6 Å². The Hall–Kier alpha value is -4.89. The highest BCUT2D eigenvalue weighted by Gasteiger charge is 2.74. The highest BCUT2D eigenvalue weighted by atomic mass is 32.2. The zero-order chi connectivity index (χ0) is 30.9. The topological polar surface area (TPSA) is 195 Å². The number of rotatable bonds is 9. The van der Waals surface area contributed by atoms with Crippen LogP contribution in [0.1, 0.15) is 25.5 Å². The number of carboxylic acids is 1. The van der Waals surface area contributed by atoms with Gasteiger partial charge in [0.15, 0.2) is 6.04 Å². The number of amides is 4. The first-order chi connectivity index (χ1) is 20.5. The van der Waals surface area contributed by atoms with E-state index >= 15 is 0 Å². The third-order valence-corrected chi connectivity index (χ3v) is 8.68. The largest absolute Gasteiger partial charge is 0.492 e. The van der Waals surface area contributed by atoms with Crippen LogP contribution in [0.2, 0.25) is 0 Å². The minimum atomic E-state index is -1.44. The Labute approximate surface area is 250 Å². The quantitative estimate of drug-likeness (QED) is 0.196. The molecule has 2 fully saturated rings. The lowest BCUT2D eigenvalue weighted by Gasteiger charge is -2.52. The Morgan fingerprint density at radius 3 is 2.33 bits per heavy atom. The third-order valence-electron chi connectivity index (χ3n) is 7.04. The van der Waals surface area contributed by atoms with E-state index in [0.717, 1.165) is 16.7 Å². The monoisotopic (exact) mass is 607 g/mol. The first-order valence-electron chi connectivity index (χ1n) is 13.1. The molecule has 2 aromatic carbocycles. The summed E-state index contributed by atoms with van der Waals surface area (Å²) in [5.74, 6) is -2.97. The summed E-state index contributed by atoms with van der Waals surface area (Å²) in [6, 6.07) is 12.8. The number of urea groups is 1. The summed E-state index contributed by atoms with van der Waals surface area (Å²) in [5, 5.41) is 29.3. The van der Waals surface area contributed by atoms with Gasteiger partial charge in [-0.1, -0.05) is 60.3 Å². The van der Waals surface area contributed by atoms with Gasteiger partial charge in [-0.15, -0.1) is 0 Å². The molecule has 15 heteroatoms. The molecule has 3 aromatic rings. The molecule has 6 N–H and O–H groups in total. The van der Waals surface area contributed by atoms with Crippen molar-refractivity contribution < 1.29 is 34.1 Å². The number of thioether (sulfide) groups is 1. The zero-order valence-electron chi connectivity index (χ0n) is 23.3. The average molecular weight is 608 g/mol. The second-order valence-electron chi connectivity index (χ2n) is 10.3. The van der Waals surface area contributed by atoms with Crippen molar-refractivity contribution in [2.75, 3.05) is 17.7 Å². The molecule has 2 saturated heterocycles. The molecular weight excluding hydrogens is 578 g/mol. The molecule has 2 unspecified atom stereocenters. The standard InChI is InChI=1S/C28H29N7O7S/c1-27(2)20(24(39)40)35-23(38)19(28(35,42-3)43-27)33-22(37)18(15-10-6-4-7-11-15)32-26(41)31-17-14-29-25(34-21(17)36)30-16-12-8-5-9-13-16/h4-14,18-20H,1-3H3,(H,33,37)(H,39,40)(H2,31,32,41)(H2,29,30,34,36)/t18?,19-,20-,28?/m0/s1. The number of aliphatic carboxylic acids is 1. The summed E-state index contributed by atoms with van der Waals surface area (Å²) in [7, 11) is 1.33. The summed E-state index contributed by atoms with van der Waals surface area (Å²) in [4.78, 5) is 60.9. The number of aromatic nitrogens is 2. The van der Waals surface area contributed by atoms with Gasteiger partial charge in [-0.3, -0.25) is 14.5 Å². The number of hydrogen-bond donors (Lipinski definition) is 6. The molecule has 0 radical (unpaired) electrons. The fraction of sp³-hybridized carbons (Fsp3) is 0.286. The summed E-state index contributed by atoms with van der Waals surface area (Å²) in [6.45, 7) is 3.37. The van der Waals surface area contributed by atoms with Gasteiger partial charge in [-0.05, 0) is 31.5 Å². The van der Waals surface area contributed by atoms with E-state index in [9.17, 15) is 29.4 Å². The normalized spacial score (nSPS) is 22.5.